The number of carbonyl (C=O) groups is 2. The Hall–Kier alpha value is -1.69. The average molecular weight is 377 g/mol. The number of aryl methyl sites for hydroxylation is 1. The summed E-state index contributed by atoms with van der Waals surface area (Å²) in [5.74, 6) is -0.401. The largest absolute Gasteiger partial charge is 0.270 e. The van der Waals surface area contributed by atoms with Crippen LogP contribution in [-0.4, -0.2) is 16.7 Å². The number of hydrogen-bond donors (Lipinski definition) is 0. The van der Waals surface area contributed by atoms with E-state index in [0.29, 0.717) is 17.7 Å². The molecule has 0 radical (unpaired) electrons. The van der Waals surface area contributed by atoms with Gasteiger partial charge in [-0.05, 0) is 47.2 Å². The molecular formula is C16H12INO2. The Labute approximate surface area is 130 Å². The second-order valence-corrected chi connectivity index (χ2v) is 6.01. The van der Waals surface area contributed by atoms with E-state index in [-0.39, 0.29) is 11.8 Å². The molecule has 0 aliphatic carbocycles. The normalized spacial score (nSPS) is 13.8. The second kappa shape index (κ2) is 5.01. The number of carbonyl (C=O) groups excluding carboxylic acids is 2. The summed E-state index contributed by atoms with van der Waals surface area (Å²) in [5, 5.41) is 0. The smallest absolute Gasteiger partial charge is 0.262 e. The van der Waals surface area contributed by atoms with E-state index >= 15 is 0 Å². The fraction of sp³-hybridized carbons (Fsp3) is 0.125. The first-order valence-electron chi connectivity index (χ1n) is 6.28. The van der Waals surface area contributed by atoms with Crippen LogP contribution >= 0.6 is 22.6 Å². The van der Waals surface area contributed by atoms with Gasteiger partial charge in [0, 0.05) is 3.57 Å². The monoisotopic (exact) mass is 377 g/mol. The second-order valence-electron chi connectivity index (χ2n) is 4.85. The third kappa shape index (κ3) is 2.14. The lowest BCUT2D eigenvalue weighted by Gasteiger charge is -2.14. The van der Waals surface area contributed by atoms with Crippen LogP contribution in [-0.2, 0) is 6.54 Å². The zero-order chi connectivity index (χ0) is 14.3. The Morgan fingerprint density at radius 3 is 2.50 bits per heavy atom. The van der Waals surface area contributed by atoms with E-state index < -0.39 is 0 Å². The van der Waals surface area contributed by atoms with Crippen molar-refractivity contribution in [2.75, 3.05) is 0 Å². The van der Waals surface area contributed by atoms with Crippen LogP contribution < -0.4 is 0 Å². The SMILES string of the molecule is Cc1cccc(CN2C(=O)c3cccc(I)c3C2=O)c1. The predicted molar refractivity (Wildman–Crippen MR) is 84.5 cm³/mol. The highest BCUT2D eigenvalue weighted by Gasteiger charge is 2.36. The van der Waals surface area contributed by atoms with E-state index in [1.54, 1.807) is 6.07 Å². The number of amides is 2. The molecule has 0 aromatic heterocycles. The summed E-state index contributed by atoms with van der Waals surface area (Å²) >= 11 is 2.10. The Morgan fingerprint density at radius 1 is 1.05 bits per heavy atom. The lowest BCUT2D eigenvalue weighted by molar-refractivity contribution is 0.0642. The van der Waals surface area contributed by atoms with Crippen molar-refractivity contribution in [3.8, 4) is 0 Å². The molecule has 20 heavy (non-hydrogen) atoms. The summed E-state index contributed by atoms with van der Waals surface area (Å²) in [5.41, 5.74) is 3.13. The minimum Gasteiger partial charge on any atom is -0.270 e. The standard InChI is InChI=1S/C16H12INO2/c1-10-4-2-5-11(8-10)9-18-15(19)12-6-3-7-13(17)14(12)16(18)20/h2-8H,9H2,1H3. The van der Waals surface area contributed by atoms with Gasteiger partial charge in [-0.3, -0.25) is 14.5 Å². The Bertz CT molecular complexity index is 724. The van der Waals surface area contributed by atoms with Crippen LogP contribution in [0, 0.1) is 10.5 Å². The quantitative estimate of drug-likeness (QED) is 0.595. The molecule has 0 N–H and O–H groups in total. The molecule has 0 unspecified atom stereocenters. The maximum atomic E-state index is 12.4. The van der Waals surface area contributed by atoms with E-state index in [1.807, 2.05) is 43.3 Å². The van der Waals surface area contributed by atoms with E-state index in [4.69, 9.17) is 0 Å². The molecule has 2 aromatic rings. The summed E-state index contributed by atoms with van der Waals surface area (Å²) in [6.45, 7) is 2.32. The van der Waals surface area contributed by atoms with Crippen LogP contribution in [0.3, 0.4) is 0 Å². The minimum absolute atomic E-state index is 0.198. The third-order valence-electron chi connectivity index (χ3n) is 3.37. The molecule has 3 rings (SSSR count). The van der Waals surface area contributed by atoms with Crippen molar-refractivity contribution in [2.45, 2.75) is 13.5 Å². The van der Waals surface area contributed by atoms with Crippen molar-refractivity contribution in [3.63, 3.8) is 0 Å². The maximum Gasteiger partial charge on any atom is 0.262 e. The number of benzene rings is 2. The molecule has 2 aromatic carbocycles. The van der Waals surface area contributed by atoms with Crippen molar-refractivity contribution in [2.24, 2.45) is 0 Å². The van der Waals surface area contributed by atoms with Crippen LogP contribution in [0.2, 0.25) is 0 Å². The van der Waals surface area contributed by atoms with Gasteiger partial charge in [-0.15, -0.1) is 0 Å². The highest BCUT2D eigenvalue weighted by atomic mass is 127. The van der Waals surface area contributed by atoms with Crippen LogP contribution in [0.1, 0.15) is 31.8 Å². The first-order valence-corrected chi connectivity index (χ1v) is 7.36. The lowest BCUT2D eigenvalue weighted by atomic mass is 10.1. The van der Waals surface area contributed by atoms with Gasteiger partial charge in [-0.1, -0.05) is 35.9 Å². The molecule has 0 spiro atoms. The topological polar surface area (TPSA) is 37.4 Å². The number of hydrogen-bond acceptors (Lipinski definition) is 2. The lowest BCUT2D eigenvalue weighted by Crippen LogP contribution is -2.29. The fourth-order valence-corrected chi connectivity index (χ4v) is 3.16. The molecule has 1 aliphatic rings. The molecule has 0 saturated carbocycles. The average Bonchev–Trinajstić information content (AvgIpc) is 2.65. The van der Waals surface area contributed by atoms with Gasteiger partial charge in [0.25, 0.3) is 11.8 Å². The first kappa shape index (κ1) is 13.3. The fourth-order valence-electron chi connectivity index (χ4n) is 2.43. The van der Waals surface area contributed by atoms with Crippen molar-refractivity contribution in [1.82, 2.24) is 4.90 Å². The molecule has 2 amide bonds. The summed E-state index contributed by atoms with van der Waals surface area (Å²) in [6.07, 6.45) is 0. The van der Waals surface area contributed by atoms with Crippen molar-refractivity contribution in [1.29, 1.82) is 0 Å². The van der Waals surface area contributed by atoms with Crippen molar-refractivity contribution in [3.05, 3.63) is 68.3 Å². The molecule has 4 heteroatoms. The van der Waals surface area contributed by atoms with Crippen LogP contribution in [0.4, 0.5) is 0 Å². The molecule has 100 valence electrons. The van der Waals surface area contributed by atoms with Crippen molar-refractivity contribution < 1.29 is 9.59 Å². The van der Waals surface area contributed by atoms with Crippen LogP contribution in [0.25, 0.3) is 0 Å². The minimum atomic E-state index is -0.204. The zero-order valence-corrected chi connectivity index (χ0v) is 13.0. The first-order chi connectivity index (χ1) is 9.58. The Morgan fingerprint density at radius 2 is 1.80 bits per heavy atom. The van der Waals surface area contributed by atoms with Gasteiger partial charge in [-0.2, -0.15) is 0 Å². The molecule has 1 aliphatic heterocycles. The molecule has 0 fully saturated rings. The molecule has 1 heterocycles. The van der Waals surface area contributed by atoms with Crippen LogP contribution in [0.15, 0.2) is 42.5 Å². The number of imide groups is 1. The maximum absolute atomic E-state index is 12.4. The number of fused-ring (bicyclic) bond motifs is 1. The van der Waals surface area contributed by atoms with E-state index in [0.717, 1.165) is 14.7 Å². The molecule has 0 bridgehead atoms. The van der Waals surface area contributed by atoms with Gasteiger partial charge >= 0.3 is 0 Å². The highest BCUT2D eigenvalue weighted by molar-refractivity contribution is 14.1. The Balaban J connectivity index is 1.96. The van der Waals surface area contributed by atoms with Gasteiger partial charge in [0.15, 0.2) is 0 Å². The zero-order valence-electron chi connectivity index (χ0n) is 10.9. The van der Waals surface area contributed by atoms with Crippen LogP contribution in [0.5, 0.6) is 0 Å². The molecule has 0 saturated heterocycles. The van der Waals surface area contributed by atoms with Crippen molar-refractivity contribution >= 4 is 34.4 Å². The van der Waals surface area contributed by atoms with E-state index in [9.17, 15) is 9.59 Å². The molecular weight excluding hydrogens is 365 g/mol. The summed E-state index contributed by atoms with van der Waals surface area (Å²) in [7, 11) is 0. The molecule has 0 atom stereocenters. The highest BCUT2D eigenvalue weighted by Crippen LogP contribution is 2.28. The van der Waals surface area contributed by atoms with E-state index in [1.165, 1.54) is 4.90 Å². The van der Waals surface area contributed by atoms with Gasteiger partial charge in [0.05, 0.1) is 17.7 Å². The number of rotatable bonds is 2. The van der Waals surface area contributed by atoms with Gasteiger partial charge in [0.1, 0.15) is 0 Å². The summed E-state index contributed by atoms with van der Waals surface area (Å²) < 4.78 is 0.824. The van der Waals surface area contributed by atoms with Gasteiger partial charge < -0.3 is 0 Å². The number of halogens is 1. The summed E-state index contributed by atoms with van der Waals surface area (Å²) in [6, 6.07) is 13.2. The summed E-state index contributed by atoms with van der Waals surface area (Å²) in [4.78, 5) is 26.1. The number of nitrogens with zero attached hydrogens (tertiary/aromatic N) is 1. The molecule has 3 nitrogen and oxygen atoms in total. The Kier molecular flexibility index (Phi) is 3.33. The van der Waals surface area contributed by atoms with Gasteiger partial charge in [0.2, 0.25) is 0 Å². The third-order valence-corrected chi connectivity index (χ3v) is 4.27. The predicted octanol–water partition coefficient (Wildman–Crippen LogP) is 3.40. The van der Waals surface area contributed by atoms with E-state index in [2.05, 4.69) is 22.6 Å². The van der Waals surface area contributed by atoms with Gasteiger partial charge in [-0.25, -0.2) is 0 Å².